The summed E-state index contributed by atoms with van der Waals surface area (Å²) in [5.41, 5.74) is 8.97. The molecule has 2 aromatic heterocycles. The highest BCUT2D eigenvalue weighted by molar-refractivity contribution is 6.20. The maximum atomic E-state index is 6.24. The fourth-order valence-corrected chi connectivity index (χ4v) is 7.38. The average Bonchev–Trinajstić information content (AvgIpc) is 3.65. The monoisotopic (exact) mass is 650 g/mol. The second-order valence-corrected chi connectivity index (χ2v) is 13.0. The van der Waals surface area contributed by atoms with E-state index in [9.17, 15) is 0 Å². The van der Waals surface area contributed by atoms with Crippen LogP contribution in [0.3, 0.4) is 0 Å². The van der Waals surface area contributed by atoms with E-state index in [0.29, 0.717) is 5.82 Å². The van der Waals surface area contributed by atoms with E-state index in [1.54, 1.807) is 0 Å². The molecule has 0 N–H and O–H groups in total. The third-order valence-corrected chi connectivity index (χ3v) is 9.84. The molecule has 10 rings (SSSR count). The van der Waals surface area contributed by atoms with Crippen LogP contribution in [-0.2, 0) is 0 Å². The average molecular weight is 651 g/mol. The summed E-state index contributed by atoms with van der Waals surface area (Å²) in [5, 5.41) is 8.53. The molecule has 0 aliphatic rings. The number of fused-ring (bicyclic) bond motifs is 5. The Labute approximate surface area is 295 Å². The van der Waals surface area contributed by atoms with Gasteiger partial charge in [0.1, 0.15) is 11.3 Å². The summed E-state index contributed by atoms with van der Waals surface area (Å²) in [5.74, 6) is 1.52. The first-order valence-electron chi connectivity index (χ1n) is 17.2. The van der Waals surface area contributed by atoms with Gasteiger partial charge in [-0.05, 0) is 79.8 Å². The molecule has 10 aromatic rings. The highest BCUT2D eigenvalue weighted by Crippen LogP contribution is 2.41. The number of furan rings is 1. The lowest BCUT2D eigenvalue weighted by molar-refractivity contribution is 0.631. The molecule has 238 valence electrons. The summed E-state index contributed by atoms with van der Waals surface area (Å²) in [6.07, 6.45) is 0. The van der Waals surface area contributed by atoms with Crippen molar-refractivity contribution in [2.75, 3.05) is 0 Å². The molecule has 2 heterocycles. The van der Waals surface area contributed by atoms with Crippen molar-refractivity contribution in [2.24, 2.45) is 0 Å². The highest BCUT2D eigenvalue weighted by atomic mass is 16.3. The Bertz CT molecular complexity index is 2890. The molecule has 0 saturated heterocycles. The standard InChI is InChI=1S/C48H30N2O/c1-2-13-32(14-3-1)48-49-43(34-17-10-19-36(26-34)46-29-37-16-6-9-23-45(37)51-46)30-44(50-48)35-18-11-20-38(27-35)47-40-22-8-5-15-33(40)28-42-39-21-7-4-12-31(39)24-25-41(42)47/h1-30H. The zero-order chi connectivity index (χ0) is 33.7. The SMILES string of the molecule is c1ccc(-c2nc(-c3cccc(-c4cc5ccccc5o4)c3)cc(-c3cccc(-c4c5ccccc5cc5c4ccc4ccccc45)c3)n2)cc1. The Morgan fingerprint density at radius 1 is 0.333 bits per heavy atom. The predicted octanol–water partition coefficient (Wildman–Crippen LogP) is 13.0. The predicted molar refractivity (Wildman–Crippen MR) is 212 cm³/mol. The van der Waals surface area contributed by atoms with Crippen LogP contribution in [0.4, 0.5) is 0 Å². The molecule has 0 atom stereocenters. The second-order valence-electron chi connectivity index (χ2n) is 13.0. The molecule has 0 aliphatic heterocycles. The van der Waals surface area contributed by atoms with Crippen LogP contribution in [0.5, 0.6) is 0 Å². The Kier molecular flexibility index (Phi) is 6.81. The minimum absolute atomic E-state index is 0.685. The molecule has 0 bridgehead atoms. The smallest absolute Gasteiger partial charge is 0.160 e. The van der Waals surface area contributed by atoms with E-state index in [0.717, 1.165) is 55.9 Å². The lowest BCUT2D eigenvalue weighted by Crippen LogP contribution is -1.96. The van der Waals surface area contributed by atoms with Crippen LogP contribution in [0.2, 0.25) is 0 Å². The van der Waals surface area contributed by atoms with E-state index in [-0.39, 0.29) is 0 Å². The van der Waals surface area contributed by atoms with Gasteiger partial charge in [-0.2, -0.15) is 0 Å². The summed E-state index contributed by atoms with van der Waals surface area (Å²) in [7, 11) is 0. The first-order chi connectivity index (χ1) is 25.2. The van der Waals surface area contributed by atoms with Crippen LogP contribution >= 0.6 is 0 Å². The summed E-state index contributed by atoms with van der Waals surface area (Å²) in [6, 6.07) is 63.9. The molecular formula is C48H30N2O. The molecule has 8 aromatic carbocycles. The molecule has 0 fully saturated rings. The van der Waals surface area contributed by atoms with Crippen molar-refractivity contribution in [3.05, 3.63) is 182 Å². The molecule has 0 saturated carbocycles. The number of benzene rings is 8. The fourth-order valence-electron chi connectivity index (χ4n) is 7.38. The zero-order valence-corrected chi connectivity index (χ0v) is 27.6. The highest BCUT2D eigenvalue weighted by Gasteiger charge is 2.16. The number of hydrogen-bond acceptors (Lipinski definition) is 3. The van der Waals surface area contributed by atoms with Crippen molar-refractivity contribution in [1.29, 1.82) is 0 Å². The second kappa shape index (κ2) is 11.9. The lowest BCUT2D eigenvalue weighted by atomic mass is 9.89. The number of nitrogens with zero attached hydrogens (tertiary/aromatic N) is 2. The molecule has 51 heavy (non-hydrogen) atoms. The summed E-state index contributed by atoms with van der Waals surface area (Å²) in [4.78, 5) is 10.3. The van der Waals surface area contributed by atoms with Crippen molar-refractivity contribution in [3.8, 4) is 56.4 Å². The van der Waals surface area contributed by atoms with Gasteiger partial charge >= 0.3 is 0 Å². The molecular weight excluding hydrogens is 621 g/mol. The third kappa shape index (κ3) is 5.15. The lowest BCUT2D eigenvalue weighted by Gasteiger charge is -2.15. The summed E-state index contributed by atoms with van der Waals surface area (Å²) >= 11 is 0. The number of aromatic nitrogens is 2. The van der Waals surface area contributed by atoms with E-state index in [4.69, 9.17) is 14.4 Å². The Morgan fingerprint density at radius 2 is 0.941 bits per heavy atom. The van der Waals surface area contributed by atoms with Gasteiger partial charge in [-0.1, -0.05) is 146 Å². The van der Waals surface area contributed by atoms with Gasteiger partial charge in [0.2, 0.25) is 0 Å². The molecule has 0 radical (unpaired) electrons. The Balaban J connectivity index is 1.15. The van der Waals surface area contributed by atoms with Gasteiger partial charge in [-0.25, -0.2) is 9.97 Å². The maximum Gasteiger partial charge on any atom is 0.160 e. The van der Waals surface area contributed by atoms with Crippen LogP contribution in [0.25, 0.3) is 99.6 Å². The van der Waals surface area contributed by atoms with Crippen LogP contribution in [0.1, 0.15) is 0 Å². The minimum Gasteiger partial charge on any atom is -0.456 e. The van der Waals surface area contributed by atoms with Crippen LogP contribution in [-0.4, -0.2) is 9.97 Å². The molecule has 0 unspecified atom stereocenters. The van der Waals surface area contributed by atoms with Crippen molar-refractivity contribution in [1.82, 2.24) is 9.97 Å². The zero-order valence-electron chi connectivity index (χ0n) is 27.6. The van der Waals surface area contributed by atoms with E-state index in [1.165, 1.54) is 37.9 Å². The topological polar surface area (TPSA) is 38.9 Å². The third-order valence-electron chi connectivity index (χ3n) is 9.84. The molecule has 0 amide bonds. The maximum absolute atomic E-state index is 6.24. The number of rotatable bonds is 5. The van der Waals surface area contributed by atoms with Crippen molar-refractivity contribution < 1.29 is 4.42 Å². The van der Waals surface area contributed by atoms with Gasteiger partial charge in [0.25, 0.3) is 0 Å². The molecule has 3 heteroatoms. The van der Waals surface area contributed by atoms with E-state index in [2.05, 4.69) is 146 Å². The van der Waals surface area contributed by atoms with E-state index >= 15 is 0 Å². The quantitative estimate of drug-likeness (QED) is 0.137. The Hall–Kier alpha value is -6.84. The van der Waals surface area contributed by atoms with Crippen molar-refractivity contribution in [3.63, 3.8) is 0 Å². The molecule has 0 spiro atoms. The molecule has 0 aliphatic carbocycles. The van der Waals surface area contributed by atoms with Gasteiger partial charge in [-0.3, -0.25) is 0 Å². The van der Waals surface area contributed by atoms with Gasteiger partial charge in [0.15, 0.2) is 5.82 Å². The van der Waals surface area contributed by atoms with Crippen LogP contribution in [0, 0.1) is 0 Å². The summed E-state index contributed by atoms with van der Waals surface area (Å²) < 4.78 is 6.24. The van der Waals surface area contributed by atoms with Crippen LogP contribution in [0.15, 0.2) is 186 Å². The first kappa shape index (κ1) is 29.1. The van der Waals surface area contributed by atoms with Crippen LogP contribution < -0.4 is 0 Å². The van der Waals surface area contributed by atoms with Gasteiger partial charge in [0, 0.05) is 27.6 Å². The first-order valence-corrected chi connectivity index (χ1v) is 17.2. The molecule has 3 nitrogen and oxygen atoms in total. The number of hydrogen-bond donors (Lipinski definition) is 0. The Morgan fingerprint density at radius 3 is 1.73 bits per heavy atom. The minimum atomic E-state index is 0.685. The fraction of sp³-hybridized carbons (Fsp3) is 0. The normalized spacial score (nSPS) is 11.5. The van der Waals surface area contributed by atoms with Gasteiger partial charge < -0.3 is 4.42 Å². The van der Waals surface area contributed by atoms with Gasteiger partial charge in [0.05, 0.1) is 11.4 Å². The van der Waals surface area contributed by atoms with Crippen molar-refractivity contribution in [2.45, 2.75) is 0 Å². The number of para-hydroxylation sites is 1. The van der Waals surface area contributed by atoms with Gasteiger partial charge in [-0.15, -0.1) is 0 Å². The summed E-state index contributed by atoms with van der Waals surface area (Å²) in [6.45, 7) is 0. The van der Waals surface area contributed by atoms with E-state index < -0.39 is 0 Å². The van der Waals surface area contributed by atoms with Crippen molar-refractivity contribution >= 4 is 43.3 Å². The largest absolute Gasteiger partial charge is 0.456 e. The van der Waals surface area contributed by atoms with E-state index in [1.807, 2.05) is 36.4 Å².